The van der Waals surface area contributed by atoms with Crippen molar-refractivity contribution in [1.82, 2.24) is 5.32 Å². The van der Waals surface area contributed by atoms with Gasteiger partial charge in [-0.2, -0.15) is 0 Å². The topological polar surface area (TPSA) is 29.1 Å². The lowest BCUT2D eigenvalue weighted by Crippen LogP contribution is -2.29. The van der Waals surface area contributed by atoms with E-state index < -0.39 is 0 Å². The van der Waals surface area contributed by atoms with E-state index in [2.05, 4.69) is 5.32 Å². The average molecular weight is 245 g/mol. The number of benzene rings is 1. The van der Waals surface area contributed by atoms with Crippen molar-refractivity contribution in [3.63, 3.8) is 0 Å². The smallest absolute Gasteiger partial charge is 0.251 e. The van der Waals surface area contributed by atoms with Crippen LogP contribution in [0.2, 0.25) is 0 Å². The van der Waals surface area contributed by atoms with E-state index in [1.54, 1.807) is 0 Å². The summed E-state index contributed by atoms with van der Waals surface area (Å²) >= 11 is 0. The van der Waals surface area contributed by atoms with E-state index in [-0.39, 0.29) is 5.91 Å². The van der Waals surface area contributed by atoms with Gasteiger partial charge < -0.3 is 5.32 Å². The monoisotopic (exact) mass is 245 g/mol. The lowest BCUT2D eigenvalue weighted by Gasteiger charge is -2.20. The first-order valence-electron chi connectivity index (χ1n) is 7.19. The zero-order valence-corrected chi connectivity index (χ0v) is 11.0. The minimum Gasteiger partial charge on any atom is -0.352 e. The Bertz CT molecular complexity index is 353. The van der Waals surface area contributed by atoms with Crippen LogP contribution >= 0.6 is 0 Å². The van der Waals surface area contributed by atoms with Crippen LogP contribution in [0.15, 0.2) is 30.3 Å². The van der Waals surface area contributed by atoms with Gasteiger partial charge in [0, 0.05) is 12.1 Å². The van der Waals surface area contributed by atoms with E-state index in [9.17, 15) is 4.79 Å². The number of carbonyl (C=O) groups is 1. The lowest BCUT2D eigenvalue weighted by molar-refractivity contribution is 0.0944. The molecule has 0 radical (unpaired) electrons. The summed E-state index contributed by atoms with van der Waals surface area (Å²) < 4.78 is 0. The van der Waals surface area contributed by atoms with E-state index in [0.29, 0.717) is 5.92 Å². The molecule has 1 amide bonds. The standard InChI is InChI=1S/C16H23NO/c18-16(15-11-7-4-8-12-15)17-13-14-9-5-2-1-3-6-10-14/h4,7-8,11-12,14H,1-3,5-6,9-10,13H2,(H,17,18). The van der Waals surface area contributed by atoms with Gasteiger partial charge in [-0.05, 0) is 30.9 Å². The highest BCUT2D eigenvalue weighted by Crippen LogP contribution is 2.21. The summed E-state index contributed by atoms with van der Waals surface area (Å²) in [5, 5.41) is 3.08. The summed E-state index contributed by atoms with van der Waals surface area (Å²) in [7, 11) is 0. The summed E-state index contributed by atoms with van der Waals surface area (Å²) in [6.45, 7) is 0.841. The van der Waals surface area contributed by atoms with Gasteiger partial charge in [0.2, 0.25) is 0 Å². The number of nitrogens with one attached hydrogen (secondary N) is 1. The molecule has 1 fully saturated rings. The Morgan fingerprint density at radius 2 is 1.61 bits per heavy atom. The number of rotatable bonds is 3. The Hall–Kier alpha value is -1.31. The predicted octanol–water partition coefficient (Wildman–Crippen LogP) is 3.78. The second kappa shape index (κ2) is 7.20. The molecule has 0 spiro atoms. The van der Waals surface area contributed by atoms with Gasteiger partial charge in [-0.15, -0.1) is 0 Å². The highest BCUT2D eigenvalue weighted by molar-refractivity contribution is 5.94. The molecular formula is C16H23NO. The molecule has 1 aromatic carbocycles. The molecule has 2 heteroatoms. The van der Waals surface area contributed by atoms with Gasteiger partial charge in [0.15, 0.2) is 0 Å². The van der Waals surface area contributed by atoms with Crippen LogP contribution in [-0.2, 0) is 0 Å². The molecule has 1 N–H and O–H groups in total. The van der Waals surface area contributed by atoms with Crippen LogP contribution in [0.3, 0.4) is 0 Å². The van der Waals surface area contributed by atoms with E-state index >= 15 is 0 Å². The van der Waals surface area contributed by atoms with E-state index in [0.717, 1.165) is 12.1 Å². The quantitative estimate of drug-likeness (QED) is 0.862. The van der Waals surface area contributed by atoms with Crippen molar-refractivity contribution in [1.29, 1.82) is 0 Å². The fraction of sp³-hybridized carbons (Fsp3) is 0.562. The molecule has 2 rings (SSSR count). The van der Waals surface area contributed by atoms with Crippen LogP contribution in [0.1, 0.15) is 55.3 Å². The molecule has 2 nitrogen and oxygen atoms in total. The number of amides is 1. The molecular weight excluding hydrogens is 222 g/mol. The lowest BCUT2D eigenvalue weighted by atomic mass is 9.91. The Balaban J connectivity index is 1.78. The molecule has 0 atom stereocenters. The van der Waals surface area contributed by atoms with Gasteiger partial charge in [0.05, 0.1) is 0 Å². The zero-order valence-electron chi connectivity index (χ0n) is 11.0. The van der Waals surface area contributed by atoms with Crippen LogP contribution < -0.4 is 5.32 Å². The maximum Gasteiger partial charge on any atom is 0.251 e. The Morgan fingerprint density at radius 3 is 2.28 bits per heavy atom. The highest BCUT2D eigenvalue weighted by Gasteiger charge is 2.13. The first kappa shape index (κ1) is 13.1. The van der Waals surface area contributed by atoms with E-state index in [1.165, 1.54) is 44.9 Å². The first-order valence-corrected chi connectivity index (χ1v) is 7.19. The summed E-state index contributed by atoms with van der Waals surface area (Å²) in [5.41, 5.74) is 0.767. The van der Waals surface area contributed by atoms with Crippen molar-refractivity contribution in [3.05, 3.63) is 35.9 Å². The minimum atomic E-state index is 0.0673. The van der Waals surface area contributed by atoms with Crippen LogP contribution in [0.4, 0.5) is 0 Å². The highest BCUT2D eigenvalue weighted by atomic mass is 16.1. The Labute approximate surface area is 110 Å². The average Bonchev–Trinajstić information content (AvgIpc) is 2.38. The van der Waals surface area contributed by atoms with Crippen molar-refractivity contribution in [2.75, 3.05) is 6.54 Å². The third-order valence-corrected chi connectivity index (χ3v) is 3.81. The summed E-state index contributed by atoms with van der Waals surface area (Å²) in [5.74, 6) is 0.746. The number of carbonyl (C=O) groups excluding carboxylic acids is 1. The third-order valence-electron chi connectivity index (χ3n) is 3.81. The second-order valence-corrected chi connectivity index (χ2v) is 5.29. The van der Waals surface area contributed by atoms with Gasteiger partial charge in [0.1, 0.15) is 0 Å². The molecule has 18 heavy (non-hydrogen) atoms. The fourth-order valence-electron chi connectivity index (χ4n) is 2.67. The van der Waals surface area contributed by atoms with Gasteiger partial charge in [-0.25, -0.2) is 0 Å². The minimum absolute atomic E-state index is 0.0673. The molecule has 0 unspecified atom stereocenters. The van der Waals surface area contributed by atoms with Crippen molar-refractivity contribution < 1.29 is 4.79 Å². The van der Waals surface area contributed by atoms with Gasteiger partial charge >= 0.3 is 0 Å². The van der Waals surface area contributed by atoms with Crippen molar-refractivity contribution in [3.8, 4) is 0 Å². The summed E-state index contributed by atoms with van der Waals surface area (Å²) in [4.78, 5) is 11.9. The molecule has 0 aromatic heterocycles. The maximum absolute atomic E-state index is 11.9. The molecule has 0 aliphatic heterocycles. The van der Waals surface area contributed by atoms with Crippen molar-refractivity contribution in [2.45, 2.75) is 44.9 Å². The molecule has 98 valence electrons. The first-order chi connectivity index (χ1) is 8.86. The molecule has 1 saturated carbocycles. The molecule has 1 aliphatic carbocycles. The van der Waals surface area contributed by atoms with E-state index in [1.807, 2.05) is 30.3 Å². The van der Waals surface area contributed by atoms with E-state index in [4.69, 9.17) is 0 Å². The number of hydrogen-bond donors (Lipinski definition) is 1. The van der Waals surface area contributed by atoms with Crippen LogP contribution in [0.5, 0.6) is 0 Å². The normalized spacial score (nSPS) is 17.8. The maximum atomic E-state index is 11.9. The molecule has 1 aromatic rings. The summed E-state index contributed by atoms with van der Waals surface area (Å²) in [6.07, 6.45) is 9.32. The van der Waals surface area contributed by atoms with Crippen molar-refractivity contribution >= 4 is 5.91 Å². The van der Waals surface area contributed by atoms with Crippen LogP contribution in [-0.4, -0.2) is 12.5 Å². The molecule has 1 aliphatic rings. The Morgan fingerprint density at radius 1 is 1.00 bits per heavy atom. The molecule has 0 saturated heterocycles. The van der Waals surface area contributed by atoms with Gasteiger partial charge in [-0.1, -0.05) is 50.3 Å². The zero-order chi connectivity index (χ0) is 12.6. The van der Waals surface area contributed by atoms with Gasteiger partial charge in [-0.3, -0.25) is 4.79 Å². The fourth-order valence-corrected chi connectivity index (χ4v) is 2.67. The molecule has 0 heterocycles. The Kier molecular flexibility index (Phi) is 5.25. The summed E-state index contributed by atoms with van der Waals surface area (Å²) in [6, 6.07) is 9.49. The predicted molar refractivity (Wildman–Crippen MR) is 74.6 cm³/mol. The third kappa shape index (κ3) is 4.17. The largest absolute Gasteiger partial charge is 0.352 e. The van der Waals surface area contributed by atoms with Gasteiger partial charge in [0.25, 0.3) is 5.91 Å². The second-order valence-electron chi connectivity index (χ2n) is 5.29. The molecule has 0 bridgehead atoms. The van der Waals surface area contributed by atoms with Crippen molar-refractivity contribution in [2.24, 2.45) is 5.92 Å². The number of hydrogen-bond acceptors (Lipinski definition) is 1. The van der Waals surface area contributed by atoms with Crippen LogP contribution in [0.25, 0.3) is 0 Å². The van der Waals surface area contributed by atoms with Crippen LogP contribution in [0, 0.1) is 5.92 Å². The SMILES string of the molecule is O=C(NCC1CCCCCCC1)c1ccccc1.